The smallest absolute Gasteiger partial charge is 0.257 e. The van der Waals surface area contributed by atoms with Crippen molar-refractivity contribution in [3.8, 4) is 5.69 Å². The Kier molecular flexibility index (Phi) is 5.86. The van der Waals surface area contributed by atoms with Gasteiger partial charge in [-0.05, 0) is 36.8 Å². The van der Waals surface area contributed by atoms with E-state index in [9.17, 15) is 4.79 Å². The number of anilines is 1. The molecule has 6 nitrogen and oxygen atoms in total. The number of nitrogens with one attached hydrogen (secondary N) is 1. The Balaban J connectivity index is 1.84. The Bertz CT molecular complexity index is 1220. The lowest BCUT2D eigenvalue weighted by Crippen LogP contribution is -2.25. The first-order valence-corrected chi connectivity index (χ1v) is 10.6. The van der Waals surface area contributed by atoms with Crippen LogP contribution in [0.25, 0.3) is 27.9 Å². The van der Waals surface area contributed by atoms with Gasteiger partial charge in [0.1, 0.15) is 16.9 Å². The summed E-state index contributed by atoms with van der Waals surface area (Å²) < 4.78 is 1.74. The Hall–Kier alpha value is -3.12. The molecule has 4 rings (SSSR count). The Labute approximate surface area is 180 Å². The first-order valence-electron chi connectivity index (χ1n) is 10.2. The number of hydrogen-bond donors (Lipinski definition) is 2. The largest absolute Gasteiger partial charge is 0.384 e. The maximum Gasteiger partial charge on any atom is 0.257 e. The van der Waals surface area contributed by atoms with E-state index in [1.807, 2.05) is 36.4 Å². The minimum atomic E-state index is -0.237. The average Bonchev–Trinajstić information content (AvgIpc) is 3.02. The molecule has 0 spiro atoms. The summed E-state index contributed by atoms with van der Waals surface area (Å²) in [5.41, 5.74) is 10.0. The molecular formula is C23H24ClN5O. The molecule has 154 valence electrons. The maximum absolute atomic E-state index is 13.1. The predicted molar refractivity (Wildman–Crippen MR) is 122 cm³/mol. The van der Waals surface area contributed by atoms with Gasteiger partial charge in [-0.3, -0.25) is 9.36 Å². The van der Waals surface area contributed by atoms with Crippen LogP contribution in [0.1, 0.15) is 43.0 Å². The van der Waals surface area contributed by atoms with Crippen LogP contribution >= 0.6 is 11.6 Å². The summed E-state index contributed by atoms with van der Waals surface area (Å²) in [6, 6.07) is 14.9. The molecular weight excluding hydrogens is 398 g/mol. The van der Waals surface area contributed by atoms with Crippen LogP contribution in [0.2, 0.25) is 5.02 Å². The van der Waals surface area contributed by atoms with Crippen molar-refractivity contribution in [2.75, 3.05) is 12.3 Å². The van der Waals surface area contributed by atoms with E-state index >= 15 is 0 Å². The number of hydrogen-bond acceptors (Lipinski definition) is 4. The summed E-state index contributed by atoms with van der Waals surface area (Å²) in [7, 11) is 0. The van der Waals surface area contributed by atoms with Crippen molar-refractivity contribution in [3.63, 3.8) is 0 Å². The molecule has 4 aromatic rings. The van der Waals surface area contributed by atoms with E-state index in [4.69, 9.17) is 27.3 Å². The zero-order valence-corrected chi connectivity index (χ0v) is 17.6. The van der Waals surface area contributed by atoms with E-state index in [-0.39, 0.29) is 5.91 Å². The molecule has 0 aliphatic carbocycles. The van der Waals surface area contributed by atoms with Gasteiger partial charge in [-0.15, -0.1) is 0 Å². The van der Waals surface area contributed by atoms with E-state index in [1.165, 1.54) is 0 Å². The van der Waals surface area contributed by atoms with Crippen molar-refractivity contribution in [2.24, 2.45) is 0 Å². The Morgan fingerprint density at radius 1 is 1.07 bits per heavy atom. The highest BCUT2D eigenvalue weighted by atomic mass is 35.5. The van der Waals surface area contributed by atoms with E-state index in [2.05, 4.69) is 12.2 Å². The molecule has 2 aromatic carbocycles. The van der Waals surface area contributed by atoms with Gasteiger partial charge < -0.3 is 11.1 Å². The quantitative estimate of drug-likeness (QED) is 0.405. The fraction of sp³-hybridized carbons (Fsp3) is 0.261. The molecule has 0 bridgehead atoms. The maximum atomic E-state index is 13.1. The van der Waals surface area contributed by atoms with Crippen LogP contribution in [-0.2, 0) is 0 Å². The summed E-state index contributed by atoms with van der Waals surface area (Å²) in [5, 5.41) is 3.56. The third-order valence-electron chi connectivity index (χ3n) is 5.11. The lowest BCUT2D eigenvalue weighted by atomic mass is 10.2. The number of carbonyl (C=O) groups is 1. The van der Waals surface area contributed by atoms with E-state index in [1.54, 1.807) is 16.7 Å². The number of aromatic nitrogens is 3. The number of unbranched alkanes of at least 4 members (excludes halogenated alkanes) is 3. The van der Waals surface area contributed by atoms with Gasteiger partial charge in [0.25, 0.3) is 5.91 Å². The standard InChI is InChI=1S/C23H24ClN5O/c1-2-3-4-7-13-26-23(30)19-20-22(28-18-12-6-5-11-17(18)27-20)29(21(19)25)16-10-8-9-15(24)14-16/h5-6,8-12,14H,2-4,7,13,25H2,1H3,(H,26,30). The fourth-order valence-electron chi connectivity index (χ4n) is 3.60. The Morgan fingerprint density at radius 2 is 1.83 bits per heavy atom. The zero-order valence-electron chi connectivity index (χ0n) is 16.9. The summed E-state index contributed by atoms with van der Waals surface area (Å²) in [5.74, 6) is 0.0630. The molecule has 0 aliphatic rings. The number of rotatable bonds is 7. The van der Waals surface area contributed by atoms with Gasteiger partial charge in [0, 0.05) is 11.6 Å². The fourth-order valence-corrected chi connectivity index (χ4v) is 3.79. The third-order valence-corrected chi connectivity index (χ3v) is 5.34. The molecule has 0 saturated heterocycles. The van der Waals surface area contributed by atoms with Gasteiger partial charge in [0.2, 0.25) is 0 Å². The molecule has 0 unspecified atom stereocenters. The van der Waals surface area contributed by atoms with Gasteiger partial charge >= 0.3 is 0 Å². The molecule has 0 fully saturated rings. The highest BCUT2D eigenvalue weighted by Crippen LogP contribution is 2.31. The van der Waals surface area contributed by atoms with Crippen molar-refractivity contribution < 1.29 is 4.79 Å². The second kappa shape index (κ2) is 8.71. The molecule has 0 aliphatic heterocycles. The lowest BCUT2D eigenvalue weighted by molar-refractivity contribution is 0.0955. The van der Waals surface area contributed by atoms with E-state index in [0.717, 1.165) is 36.9 Å². The summed E-state index contributed by atoms with van der Waals surface area (Å²) >= 11 is 6.20. The summed E-state index contributed by atoms with van der Waals surface area (Å²) in [6.45, 7) is 2.76. The number of nitrogens with two attached hydrogens (primary N) is 1. The number of fused-ring (bicyclic) bond motifs is 2. The number of halogens is 1. The second-order valence-corrected chi connectivity index (χ2v) is 7.71. The van der Waals surface area contributed by atoms with Crippen molar-refractivity contribution >= 4 is 45.5 Å². The number of nitrogen functional groups attached to an aromatic ring is 1. The summed E-state index contributed by atoms with van der Waals surface area (Å²) in [4.78, 5) is 22.6. The topological polar surface area (TPSA) is 85.8 Å². The van der Waals surface area contributed by atoms with Crippen LogP contribution in [0.4, 0.5) is 5.82 Å². The number of nitrogens with zero attached hydrogens (tertiary/aromatic N) is 3. The Morgan fingerprint density at radius 3 is 2.57 bits per heavy atom. The van der Waals surface area contributed by atoms with Gasteiger partial charge in [-0.1, -0.05) is 56.0 Å². The average molecular weight is 422 g/mol. The number of para-hydroxylation sites is 2. The van der Waals surface area contributed by atoms with Crippen LogP contribution in [0.3, 0.4) is 0 Å². The first-order chi connectivity index (χ1) is 14.6. The molecule has 1 amide bonds. The summed E-state index contributed by atoms with van der Waals surface area (Å²) in [6.07, 6.45) is 4.32. The van der Waals surface area contributed by atoms with E-state index in [0.29, 0.717) is 39.6 Å². The molecule has 0 atom stereocenters. The van der Waals surface area contributed by atoms with Gasteiger partial charge in [0.05, 0.1) is 16.7 Å². The molecule has 30 heavy (non-hydrogen) atoms. The zero-order chi connectivity index (χ0) is 21.1. The minimum Gasteiger partial charge on any atom is -0.384 e. The molecule has 3 N–H and O–H groups in total. The van der Waals surface area contributed by atoms with Gasteiger partial charge in [-0.2, -0.15) is 0 Å². The minimum absolute atomic E-state index is 0.237. The predicted octanol–water partition coefficient (Wildman–Crippen LogP) is 5.12. The lowest BCUT2D eigenvalue weighted by Gasteiger charge is -2.08. The normalized spacial score (nSPS) is 11.3. The third kappa shape index (κ3) is 3.83. The van der Waals surface area contributed by atoms with Crippen molar-refractivity contribution in [1.82, 2.24) is 19.9 Å². The van der Waals surface area contributed by atoms with Crippen LogP contribution in [-0.4, -0.2) is 27.0 Å². The molecule has 7 heteroatoms. The molecule has 0 saturated carbocycles. The number of carbonyl (C=O) groups excluding carboxylic acids is 1. The molecule has 2 heterocycles. The molecule has 2 aromatic heterocycles. The van der Waals surface area contributed by atoms with Crippen LogP contribution in [0.5, 0.6) is 0 Å². The van der Waals surface area contributed by atoms with Gasteiger partial charge in [0.15, 0.2) is 5.65 Å². The van der Waals surface area contributed by atoms with Crippen molar-refractivity contribution in [3.05, 3.63) is 59.1 Å². The number of amides is 1. The monoisotopic (exact) mass is 421 g/mol. The number of benzene rings is 2. The van der Waals surface area contributed by atoms with Crippen molar-refractivity contribution in [1.29, 1.82) is 0 Å². The van der Waals surface area contributed by atoms with Crippen LogP contribution in [0, 0.1) is 0 Å². The van der Waals surface area contributed by atoms with Crippen molar-refractivity contribution in [2.45, 2.75) is 32.6 Å². The SMILES string of the molecule is CCCCCCNC(=O)c1c(N)n(-c2cccc(Cl)c2)c2nc3ccccc3nc12. The van der Waals surface area contributed by atoms with Crippen LogP contribution < -0.4 is 11.1 Å². The van der Waals surface area contributed by atoms with Crippen LogP contribution in [0.15, 0.2) is 48.5 Å². The second-order valence-electron chi connectivity index (χ2n) is 7.28. The highest BCUT2D eigenvalue weighted by Gasteiger charge is 2.24. The molecule has 0 radical (unpaired) electrons. The highest BCUT2D eigenvalue weighted by molar-refractivity contribution is 6.30. The first kappa shape index (κ1) is 20.2. The van der Waals surface area contributed by atoms with E-state index < -0.39 is 0 Å². The van der Waals surface area contributed by atoms with Gasteiger partial charge in [-0.25, -0.2) is 9.97 Å².